The predicted octanol–water partition coefficient (Wildman–Crippen LogP) is 3.72. The molecule has 1 aliphatic carbocycles. The molecular formula is C18H18N2O5S. The molecule has 1 aromatic carbocycles. The summed E-state index contributed by atoms with van der Waals surface area (Å²) in [6, 6.07) is 7.66. The summed E-state index contributed by atoms with van der Waals surface area (Å²) in [5.41, 5.74) is 1.05. The first-order valence-electron chi connectivity index (χ1n) is 8.36. The average Bonchev–Trinajstić information content (AvgIpc) is 2.91. The van der Waals surface area contributed by atoms with Crippen LogP contribution < -0.4 is 5.32 Å². The molecule has 136 valence electrons. The van der Waals surface area contributed by atoms with Gasteiger partial charge in [0.25, 0.3) is 11.6 Å². The van der Waals surface area contributed by atoms with Crippen LogP contribution in [0.5, 0.6) is 0 Å². The Kier molecular flexibility index (Phi) is 5.62. The van der Waals surface area contributed by atoms with E-state index in [1.807, 2.05) is 6.07 Å². The van der Waals surface area contributed by atoms with Crippen LogP contribution in [0.1, 0.15) is 39.4 Å². The van der Waals surface area contributed by atoms with Gasteiger partial charge in [0.05, 0.1) is 4.92 Å². The first-order valence-corrected chi connectivity index (χ1v) is 9.18. The van der Waals surface area contributed by atoms with Crippen molar-refractivity contribution in [2.45, 2.75) is 32.1 Å². The van der Waals surface area contributed by atoms with Crippen LogP contribution in [0.15, 0.2) is 30.3 Å². The molecule has 7 nitrogen and oxygen atoms in total. The predicted molar refractivity (Wildman–Crippen MR) is 97.6 cm³/mol. The molecule has 3 rings (SSSR count). The zero-order valence-corrected chi connectivity index (χ0v) is 14.8. The van der Waals surface area contributed by atoms with Gasteiger partial charge in [-0.3, -0.25) is 14.9 Å². The molecule has 1 amide bonds. The number of para-hydroxylation sites is 2. The monoisotopic (exact) mass is 374 g/mol. The molecule has 0 saturated heterocycles. The smallest absolute Gasteiger partial charge is 0.348 e. The van der Waals surface area contributed by atoms with E-state index < -0.39 is 23.4 Å². The minimum absolute atomic E-state index is 0.0707. The lowest BCUT2D eigenvalue weighted by atomic mass is 10.1. The van der Waals surface area contributed by atoms with Crippen molar-refractivity contribution in [1.29, 1.82) is 0 Å². The summed E-state index contributed by atoms with van der Waals surface area (Å²) in [6.07, 6.45) is 5.40. The number of nitrogens with zero attached hydrogens (tertiary/aromatic N) is 1. The number of hydrogen-bond acceptors (Lipinski definition) is 6. The first-order chi connectivity index (χ1) is 12.5. The van der Waals surface area contributed by atoms with Gasteiger partial charge >= 0.3 is 5.97 Å². The minimum Gasteiger partial charge on any atom is -0.451 e. The van der Waals surface area contributed by atoms with Crippen molar-refractivity contribution in [3.05, 3.63) is 55.8 Å². The van der Waals surface area contributed by atoms with Crippen LogP contribution in [0.4, 0.5) is 11.4 Å². The van der Waals surface area contributed by atoms with Gasteiger partial charge in [-0.05, 0) is 43.4 Å². The van der Waals surface area contributed by atoms with Crippen molar-refractivity contribution >= 4 is 34.6 Å². The number of nitrogens with one attached hydrogen (secondary N) is 1. The Bertz CT molecular complexity index is 822. The number of nitro groups is 1. The van der Waals surface area contributed by atoms with E-state index in [1.165, 1.54) is 46.4 Å². The quantitative estimate of drug-likeness (QED) is 0.372. The van der Waals surface area contributed by atoms with E-state index in [-0.39, 0.29) is 11.4 Å². The largest absolute Gasteiger partial charge is 0.451 e. The number of nitro benzene ring substituents is 1. The van der Waals surface area contributed by atoms with Gasteiger partial charge in [-0.2, -0.15) is 0 Å². The average molecular weight is 374 g/mol. The lowest BCUT2D eigenvalue weighted by Crippen LogP contribution is -2.21. The highest BCUT2D eigenvalue weighted by Crippen LogP contribution is 2.29. The summed E-state index contributed by atoms with van der Waals surface area (Å²) in [5, 5.41) is 13.3. The van der Waals surface area contributed by atoms with Crippen molar-refractivity contribution in [2.24, 2.45) is 0 Å². The molecule has 0 spiro atoms. The summed E-state index contributed by atoms with van der Waals surface area (Å²) in [7, 11) is 0. The van der Waals surface area contributed by atoms with Gasteiger partial charge in [-0.15, -0.1) is 11.3 Å². The van der Waals surface area contributed by atoms with Gasteiger partial charge in [0.2, 0.25) is 0 Å². The van der Waals surface area contributed by atoms with Crippen molar-refractivity contribution in [2.75, 3.05) is 11.9 Å². The SMILES string of the molecule is O=C(COC(=O)c1cc2c(s1)CCCCC2)Nc1ccccc1[N+](=O)[O-]. The number of esters is 1. The van der Waals surface area contributed by atoms with E-state index >= 15 is 0 Å². The molecule has 1 heterocycles. The van der Waals surface area contributed by atoms with E-state index in [0.29, 0.717) is 4.88 Å². The van der Waals surface area contributed by atoms with Crippen LogP contribution in [0.2, 0.25) is 0 Å². The molecule has 0 bridgehead atoms. The van der Waals surface area contributed by atoms with Gasteiger partial charge in [-0.25, -0.2) is 4.79 Å². The molecule has 0 saturated carbocycles. The minimum atomic E-state index is -0.620. The van der Waals surface area contributed by atoms with Crippen molar-refractivity contribution < 1.29 is 19.2 Å². The zero-order valence-electron chi connectivity index (χ0n) is 14.0. The number of carbonyl (C=O) groups is 2. The number of fused-ring (bicyclic) bond motifs is 1. The van der Waals surface area contributed by atoms with Crippen LogP contribution in [-0.4, -0.2) is 23.4 Å². The number of thiophene rings is 1. The molecule has 1 N–H and O–H groups in total. The topological polar surface area (TPSA) is 98.5 Å². The molecule has 2 aromatic rings. The van der Waals surface area contributed by atoms with Gasteiger partial charge in [0.1, 0.15) is 10.6 Å². The number of benzene rings is 1. The summed E-state index contributed by atoms with van der Waals surface area (Å²) in [4.78, 5) is 36.2. The summed E-state index contributed by atoms with van der Waals surface area (Å²) >= 11 is 1.42. The molecular weight excluding hydrogens is 356 g/mol. The molecule has 0 aliphatic heterocycles. The number of aryl methyl sites for hydroxylation is 2. The molecule has 8 heteroatoms. The number of ether oxygens (including phenoxy) is 1. The summed E-state index contributed by atoms with van der Waals surface area (Å²) < 4.78 is 5.06. The van der Waals surface area contributed by atoms with Crippen LogP contribution in [0.25, 0.3) is 0 Å². The lowest BCUT2D eigenvalue weighted by molar-refractivity contribution is -0.383. The molecule has 1 aliphatic rings. The van der Waals surface area contributed by atoms with Crippen LogP contribution in [-0.2, 0) is 22.4 Å². The van der Waals surface area contributed by atoms with Crippen LogP contribution in [0, 0.1) is 10.1 Å². The third kappa shape index (κ3) is 4.26. The number of carbonyl (C=O) groups excluding carboxylic acids is 2. The van der Waals surface area contributed by atoms with Gasteiger partial charge in [0.15, 0.2) is 6.61 Å². The van der Waals surface area contributed by atoms with Crippen LogP contribution in [0.3, 0.4) is 0 Å². The van der Waals surface area contributed by atoms with E-state index in [4.69, 9.17) is 4.74 Å². The van der Waals surface area contributed by atoms with Crippen molar-refractivity contribution in [3.8, 4) is 0 Å². The molecule has 26 heavy (non-hydrogen) atoms. The molecule has 0 atom stereocenters. The van der Waals surface area contributed by atoms with E-state index in [1.54, 1.807) is 6.07 Å². The standard InChI is InChI=1S/C18H18N2O5S/c21-17(19-13-7-4-5-8-14(13)20(23)24)11-25-18(22)16-10-12-6-2-1-3-9-15(12)26-16/h4-5,7-8,10H,1-3,6,9,11H2,(H,19,21). The lowest BCUT2D eigenvalue weighted by Gasteiger charge is -2.06. The van der Waals surface area contributed by atoms with Crippen molar-refractivity contribution in [3.63, 3.8) is 0 Å². The van der Waals surface area contributed by atoms with E-state index in [2.05, 4.69) is 5.32 Å². The second-order valence-electron chi connectivity index (χ2n) is 6.02. The number of rotatable bonds is 5. The van der Waals surface area contributed by atoms with Gasteiger partial charge in [-0.1, -0.05) is 18.6 Å². The maximum absolute atomic E-state index is 12.2. The van der Waals surface area contributed by atoms with E-state index in [0.717, 1.165) is 25.7 Å². The number of anilines is 1. The molecule has 0 unspecified atom stereocenters. The number of amides is 1. The Hall–Kier alpha value is -2.74. The third-order valence-electron chi connectivity index (χ3n) is 4.16. The van der Waals surface area contributed by atoms with Crippen molar-refractivity contribution in [1.82, 2.24) is 0 Å². The number of hydrogen-bond donors (Lipinski definition) is 1. The summed E-state index contributed by atoms with van der Waals surface area (Å²) in [6.45, 7) is -0.493. The third-order valence-corrected chi connectivity index (χ3v) is 5.37. The first kappa shape index (κ1) is 18.1. The summed E-state index contributed by atoms with van der Waals surface area (Å²) in [5.74, 6) is -1.16. The fraction of sp³-hybridized carbons (Fsp3) is 0.333. The van der Waals surface area contributed by atoms with Crippen LogP contribution >= 0.6 is 11.3 Å². The maximum atomic E-state index is 12.2. The Balaban J connectivity index is 1.58. The van der Waals surface area contributed by atoms with E-state index in [9.17, 15) is 19.7 Å². The fourth-order valence-electron chi connectivity index (χ4n) is 2.90. The highest BCUT2D eigenvalue weighted by molar-refractivity contribution is 7.14. The maximum Gasteiger partial charge on any atom is 0.348 e. The Morgan fingerprint density at radius 2 is 1.96 bits per heavy atom. The Labute approximate surface area is 154 Å². The Morgan fingerprint density at radius 3 is 2.77 bits per heavy atom. The highest BCUT2D eigenvalue weighted by Gasteiger charge is 2.19. The Morgan fingerprint density at radius 1 is 1.19 bits per heavy atom. The highest BCUT2D eigenvalue weighted by atomic mass is 32.1. The molecule has 1 aromatic heterocycles. The second kappa shape index (κ2) is 8.09. The normalized spacial score (nSPS) is 13.4. The van der Waals surface area contributed by atoms with Gasteiger partial charge < -0.3 is 10.1 Å². The fourth-order valence-corrected chi connectivity index (χ4v) is 4.04. The van der Waals surface area contributed by atoms with Gasteiger partial charge in [0, 0.05) is 10.9 Å². The second-order valence-corrected chi connectivity index (χ2v) is 7.16. The molecule has 0 fully saturated rings. The zero-order chi connectivity index (χ0) is 18.5. The molecule has 0 radical (unpaired) electrons.